The molecule has 0 aliphatic rings. The molecule has 5 heteroatoms. The SMILES string of the molecule is CCN(CCCN(C)C)C(=O)c1cc(C)nc(Cl)c1. The van der Waals surface area contributed by atoms with Gasteiger partial charge in [-0.15, -0.1) is 0 Å². The van der Waals surface area contributed by atoms with Crippen LogP contribution in [0.3, 0.4) is 0 Å². The molecule has 1 aromatic heterocycles. The van der Waals surface area contributed by atoms with E-state index in [4.69, 9.17) is 11.6 Å². The van der Waals surface area contributed by atoms with E-state index < -0.39 is 0 Å². The van der Waals surface area contributed by atoms with Crippen LogP contribution in [0.4, 0.5) is 0 Å². The number of hydrogen-bond donors (Lipinski definition) is 0. The molecule has 1 amide bonds. The lowest BCUT2D eigenvalue weighted by Crippen LogP contribution is -2.33. The fourth-order valence-electron chi connectivity index (χ4n) is 1.92. The van der Waals surface area contributed by atoms with E-state index >= 15 is 0 Å². The molecule has 0 aliphatic heterocycles. The number of carbonyl (C=O) groups is 1. The van der Waals surface area contributed by atoms with E-state index in [1.807, 2.05) is 32.8 Å². The van der Waals surface area contributed by atoms with Gasteiger partial charge in [-0.25, -0.2) is 4.98 Å². The quantitative estimate of drug-likeness (QED) is 0.753. The smallest absolute Gasteiger partial charge is 0.254 e. The lowest BCUT2D eigenvalue weighted by molar-refractivity contribution is 0.0759. The van der Waals surface area contributed by atoms with Crippen molar-refractivity contribution in [3.8, 4) is 0 Å². The van der Waals surface area contributed by atoms with Crippen molar-refractivity contribution in [3.63, 3.8) is 0 Å². The summed E-state index contributed by atoms with van der Waals surface area (Å²) in [6.07, 6.45) is 0.963. The molecule has 0 aromatic carbocycles. The average Bonchev–Trinajstić information content (AvgIpc) is 2.32. The predicted molar refractivity (Wildman–Crippen MR) is 78.7 cm³/mol. The number of carbonyl (C=O) groups excluding carboxylic acids is 1. The van der Waals surface area contributed by atoms with Crippen molar-refractivity contribution in [2.45, 2.75) is 20.3 Å². The van der Waals surface area contributed by atoms with Gasteiger partial charge in [0.1, 0.15) is 5.15 Å². The van der Waals surface area contributed by atoms with Gasteiger partial charge in [-0.3, -0.25) is 4.79 Å². The number of amides is 1. The van der Waals surface area contributed by atoms with E-state index in [-0.39, 0.29) is 5.91 Å². The lowest BCUT2D eigenvalue weighted by atomic mass is 10.2. The topological polar surface area (TPSA) is 36.4 Å². The first-order chi connectivity index (χ1) is 8.93. The monoisotopic (exact) mass is 283 g/mol. The third-order valence-corrected chi connectivity index (χ3v) is 3.07. The highest BCUT2D eigenvalue weighted by Gasteiger charge is 2.15. The minimum Gasteiger partial charge on any atom is -0.339 e. The first kappa shape index (κ1) is 15.9. The van der Waals surface area contributed by atoms with Crippen molar-refractivity contribution in [2.24, 2.45) is 0 Å². The second-order valence-electron chi connectivity index (χ2n) is 4.86. The molecular weight excluding hydrogens is 262 g/mol. The number of rotatable bonds is 6. The largest absolute Gasteiger partial charge is 0.339 e. The summed E-state index contributed by atoms with van der Waals surface area (Å²) in [5.74, 6) is 0.0219. The fraction of sp³-hybridized carbons (Fsp3) is 0.571. The van der Waals surface area contributed by atoms with Crippen LogP contribution < -0.4 is 0 Å². The lowest BCUT2D eigenvalue weighted by Gasteiger charge is -2.22. The van der Waals surface area contributed by atoms with Crippen molar-refractivity contribution in [2.75, 3.05) is 33.7 Å². The van der Waals surface area contributed by atoms with Gasteiger partial charge in [0, 0.05) is 24.3 Å². The van der Waals surface area contributed by atoms with Gasteiger partial charge in [-0.05, 0) is 53.0 Å². The van der Waals surface area contributed by atoms with Crippen LogP contribution in [0.1, 0.15) is 29.4 Å². The molecular formula is C14H22ClN3O. The highest BCUT2D eigenvalue weighted by molar-refractivity contribution is 6.29. The molecule has 1 aromatic rings. The Bertz CT molecular complexity index is 414. The molecule has 0 radical (unpaired) electrons. The molecule has 106 valence electrons. The molecule has 0 saturated carbocycles. The van der Waals surface area contributed by atoms with Crippen molar-refractivity contribution < 1.29 is 4.79 Å². The summed E-state index contributed by atoms with van der Waals surface area (Å²) >= 11 is 5.90. The summed E-state index contributed by atoms with van der Waals surface area (Å²) < 4.78 is 0. The number of pyridine rings is 1. The Morgan fingerprint density at radius 1 is 1.32 bits per heavy atom. The van der Waals surface area contributed by atoms with Gasteiger partial charge in [0.15, 0.2) is 0 Å². The molecule has 0 spiro atoms. The molecule has 0 saturated heterocycles. The van der Waals surface area contributed by atoms with Gasteiger partial charge in [0.05, 0.1) is 0 Å². The Hall–Kier alpha value is -1.13. The van der Waals surface area contributed by atoms with Crippen molar-refractivity contribution in [3.05, 3.63) is 28.5 Å². The van der Waals surface area contributed by atoms with Crippen molar-refractivity contribution >= 4 is 17.5 Å². The summed E-state index contributed by atoms with van der Waals surface area (Å²) in [7, 11) is 4.06. The second-order valence-corrected chi connectivity index (χ2v) is 5.25. The number of aryl methyl sites for hydroxylation is 1. The molecule has 0 aliphatic carbocycles. The Labute approximate surface area is 120 Å². The number of nitrogens with zero attached hydrogens (tertiary/aromatic N) is 3. The minimum atomic E-state index is 0.0219. The maximum absolute atomic E-state index is 12.4. The van der Waals surface area contributed by atoms with Crippen molar-refractivity contribution in [1.82, 2.24) is 14.8 Å². The predicted octanol–water partition coefficient (Wildman–Crippen LogP) is 2.46. The zero-order valence-electron chi connectivity index (χ0n) is 12.1. The van der Waals surface area contributed by atoms with Gasteiger partial charge < -0.3 is 9.80 Å². The maximum atomic E-state index is 12.4. The average molecular weight is 284 g/mol. The highest BCUT2D eigenvalue weighted by atomic mass is 35.5. The van der Waals surface area contributed by atoms with Crippen LogP contribution >= 0.6 is 11.6 Å². The van der Waals surface area contributed by atoms with Gasteiger partial charge in [-0.2, -0.15) is 0 Å². The van der Waals surface area contributed by atoms with Crippen LogP contribution in [0.2, 0.25) is 5.15 Å². The van der Waals surface area contributed by atoms with E-state index in [2.05, 4.69) is 9.88 Å². The summed E-state index contributed by atoms with van der Waals surface area (Å²) in [4.78, 5) is 20.4. The summed E-state index contributed by atoms with van der Waals surface area (Å²) in [6.45, 7) is 6.26. The summed E-state index contributed by atoms with van der Waals surface area (Å²) in [5.41, 5.74) is 1.38. The molecule has 19 heavy (non-hydrogen) atoms. The van der Waals surface area contributed by atoms with Crippen LogP contribution in [0.5, 0.6) is 0 Å². The van der Waals surface area contributed by atoms with Gasteiger partial charge in [0.25, 0.3) is 5.91 Å². The first-order valence-corrected chi connectivity index (χ1v) is 6.90. The van der Waals surface area contributed by atoms with Gasteiger partial charge >= 0.3 is 0 Å². The van der Waals surface area contributed by atoms with Gasteiger partial charge in [-0.1, -0.05) is 11.6 Å². The number of hydrogen-bond acceptors (Lipinski definition) is 3. The molecule has 0 unspecified atom stereocenters. The fourth-order valence-corrected chi connectivity index (χ4v) is 2.17. The molecule has 1 rings (SSSR count). The molecule has 0 N–H and O–H groups in total. The van der Waals surface area contributed by atoms with Crippen LogP contribution in [-0.4, -0.2) is 54.4 Å². The second kappa shape index (κ2) is 7.46. The standard InChI is InChI=1S/C14H22ClN3O/c1-5-18(8-6-7-17(3)4)14(19)12-9-11(2)16-13(15)10-12/h9-10H,5-8H2,1-4H3. The first-order valence-electron chi connectivity index (χ1n) is 6.52. The molecule has 0 atom stereocenters. The third kappa shape index (κ3) is 5.17. The van der Waals surface area contributed by atoms with Crippen LogP contribution in [0, 0.1) is 6.92 Å². The Morgan fingerprint density at radius 2 is 2.00 bits per heavy atom. The van der Waals surface area contributed by atoms with Crippen molar-refractivity contribution in [1.29, 1.82) is 0 Å². The number of aromatic nitrogens is 1. The molecule has 4 nitrogen and oxygen atoms in total. The van der Waals surface area contributed by atoms with E-state index in [0.29, 0.717) is 17.3 Å². The van der Waals surface area contributed by atoms with Crippen LogP contribution in [0.25, 0.3) is 0 Å². The molecule has 0 fully saturated rings. The normalized spacial score (nSPS) is 10.8. The van der Waals surface area contributed by atoms with Gasteiger partial charge in [0.2, 0.25) is 0 Å². The Balaban J connectivity index is 2.72. The van der Waals surface area contributed by atoms with E-state index in [1.165, 1.54) is 0 Å². The Morgan fingerprint density at radius 3 is 2.53 bits per heavy atom. The summed E-state index contributed by atoms with van der Waals surface area (Å²) in [6, 6.07) is 3.41. The third-order valence-electron chi connectivity index (χ3n) is 2.87. The molecule has 1 heterocycles. The van der Waals surface area contributed by atoms with Crippen LogP contribution in [0.15, 0.2) is 12.1 Å². The highest BCUT2D eigenvalue weighted by Crippen LogP contribution is 2.13. The van der Waals surface area contributed by atoms with E-state index in [0.717, 1.165) is 25.2 Å². The zero-order chi connectivity index (χ0) is 14.4. The summed E-state index contributed by atoms with van der Waals surface area (Å²) in [5, 5.41) is 0.368. The van der Waals surface area contributed by atoms with Crippen LogP contribution in [-0.2, 0) is 0 Å². The van der Waals surface area contributed by atoms with E-state index in [1.54, 1.807) is 12.1 Å². The minimum absolute atomic E-state index is 0.0219. The number of halogens is 1. The Kier molecular flexibility index (Phi) is 6.25. The maximum Gasteiger partial charge on any atom is 0.254 e. The zero-order valence-corrected chi connectivity index (χ0v) is 12.9. The molecule has 0 bridgehead atoms. The van der Waals surface area contributed by atoms with E-state index in [9.17, 15) is 4.79 Å².